The summed E-state index contributed by atoms with van der Waals surface area (Å²) in [7, 11) is 0. The predicted molar refractivity (Wildman–Crippen MR) is 55.2 cm³/mol. The van der Waals surface area contributed by atoms with Gasteiger partial charge in [-0.05, 0) is 24.7 Å². The van der Waals surface area contributed by atoms with Crippen LogP contribution in [0.25, 0.3) is 0 Å². The zero-order chi connectivity index (χ0) is 7.98. The van der Waals surface area contributed by atoms with Crippen LogP contribution in [0.15, 0.2) is 0 Å². The molecule has 62 valence electrons. The molecule has 0 fully saturated rings. The lowest BCUT2D eigenvalue weighted by Gasteiger charge is -2.10. The summed E-state index contributed by atoms with van der Waals surface area (Å²) in [5.74, 6) is 1.67. The molecule has 2 atom stereocenters. The number of rotatable bonds is 5. The van der Waals surface area contributed by atoms with Gasteiger partial charge in [-0.25, -0.2) is 0 Å². The highest BCUT2D eigenvalue weighted by atomic mass is 79.9. The Morgan fingerprint density at radius 3 is 1.40 bits per heavy atom. The zero-order valence-corrected chi connectivity index (χ0v) is 9.91. The Balaban J connectivity index is 3.17. The molecule has 0 aliphatic heterocycles. The van der Waals surface area contributed by atoms with Crippen LogP contribution in [0.3, 0.4) is 0 Å². The summed E-state index contributed by atoms with van der Waals surface area (Å²) in [6, 6.07) is 0. The molecule has 0 aromatic rings. The average molecular weight is 272 g/mol. The molecule has 0 spiro atoms. The highest BCUT2D eigenvalue weighted by Gasteiger charge is 2.03. The van der Waals surface area contributed by atoms with Gasteiger partial charge in [0.05, 0.1) is 0 Å². The first-order valence-electron chi connectivity index (χ1n) is 3.82. The van der Waals surface area contributed by atoms with Crippen LogP contribution in [-0.4, -0.2) is 10.7 Å². The number of hydrogen-bond donors (Lipinski definition) is 0. The standard InChI is InChI=1S/C8H16Br2/c1-7(5-9)3-4-8(2)6-10/h7-8H,3-6H2,1-2H3. The van der Waals surface area contributed by atoms with Gasteiger partial charge < -0.3 is 0 Å². The molecule has 10 heavy (non-hydrogen) atoms. The third-order valence-corrected chi connectivity index (χ3v) is 3.89. The van der Waals surface area contributed by atoms with Gasteiger partial charge in [-0.1, -0.05) is 45.7 Å². The summed E-state index contributed by atoms with van der Waals surface area (Å²) < 4.78 is 0. The fourth-order valence-electron chi connectivity index (χ4n) is 0.723. The minimum Gasteiger partial charge on any atom is -0.0925 e. The molecule has 0 rings (SSSR count). The lowest BCUT2D eigenvalue weighted by atomic mass is 10.0. The van der Waals surface area contributed by atoms with Crippen LogP contribution >= 0.6 is 31.9 Å². The highest BCUT2D eigenvalue weighted by Crippen LogP contribution is 2.15. The fraction of sp³-hybridized carbons (Fsp3) is 1.00. The van der Waals surface area contributed by atoms with Crippen molar-refractivity contribution in [3.05, 3.63) is 0 Å². The molecular weight excluding hydrogens is 256 g/mol. The van der Waals surface area contributed by atoms with Crippen LogP contribution < -0.4 is 0 Å². The normalized spacial score (nSPS) is 16.8. The van der Waals surface area contributed by atoms with Crippen molar-refractivity contribution in [3.8, 4) is 0 Å². The van der Waals surface area contributed by atoms with E-state index in [0.29, 0.717) is 0 Å². The van der Waals surface area contributed by atoms with Gasteiger partial charge in [0.1, 0.15) is 0 Å². The van der Waals surface area contributed by atoms with E-state index in [9.17, 15) is 0 Å². The van der Waals surface area contributed by atoms with E-state index >= 15 is 0 Å². The number of alkyl halides is 2. The van der Waals surface area contributed by atoms with Crippen LogP contribution in [0.4, 0.5) is 0 Å². The molecule has 0 aromatic heterocycles. The molecule has 0 saturated carbocycles. The molecular formula is C8H16Br2. The molecule has 0 amide bonds. The second kappa shape index (κ2) is 6.66. The molecule has 0 radical (unpaired) electrons. The summed E-state index contributed by atoms with van der Waals surface area (Å²) in [6.45, 7) is 4.57. The Bertz CT molecular complexity index is 63.7. The van der Waals surface area contributed by atoms with Crippen LogP contribution in [0, 0.1) is 11.8 Å². The van der Waals surface area contributed by atoms with Crippen molar-refractivity contribution in [3.63, 3.8) is 0 Å². The number of hydrogen-bond acceptors (Lipinski definition) is 0. The zero-order valence-electron chi connectivity index (χ0n) is 6.74. The molecule has 0 aliphatic rings. The van der Waals surface area contributed by atoms with Crippen molar-refractivity contribution in [2.75, 3.05) is 10.7 Å². The van der Waals surface area contributed by atoms with Crippen LogP contribution in [0.5, 0.6) is 0 Å². The van der Waals surface area contributed by atoms with E-state index in [1.807, 2.05) is 0 Å². The fourth-order valence-corrected chi connectivity index (χ4v) is 1.37. The van der Waals surface area contributed by atoms with E-state index in [1.54, 1.807) is 0 Å². The summed E-state index contributed by atoms with van der Waals surface area (Å²) in [4.78, 5) is 0. The number of halogens is 2. The summed E-state index contributed by atoms with van der Waals surface area (Å²) >= 11 is 6.95. The Kier molecular flexibility index (Phi) is 7.30. The van der Waals surface area contributed by atoms with Crippen molar-refractivity contribution in [2.24, 2.45) is 11.8 Å². The van der Waals surface area contributed by atoms with Crippen molar-refractivity contribution in [2.45, 2.75) is 26.7 Å². The summed E-state index contributed by atoms with van der Waals surface area (Å²) in [5, 5.41) is 2.28. The van der Waals surface area contributed by atoms with Gasteiger partial charge in [-0.2, -0.15) is 0 Å². The first-order chi connectivity index (χ1) is 4.70. The van der Waals surface area contributed by atoms with Gasteiger partial charge in [0.2, 0.25) is 0 Å². The van der Waals surface area contributed by atoms with Crippen molar-refractivity contribution in [1.82, 2.24) is 0 Å². The smallest absolute Gasteiger partial charge is 0.00570 e. The largest absolute Gasteiger partial charge is 0.0925 e. The second-order valence-corrected chi connectivity index (χ2v) is 4.39. The van der Waals surface area contributed by atoms with Crippen LogP contribution in [0.1, 0.15) is 26.7 Å². The molecule has 2 unspecified atom stereocenters. The first kappa shape index (κ1) is 11.0. The van der Waals surface area contributed by atoms with E-state index in [2.05, 4.69) is 45.7 Å². The molecule has 0 heterocycles. The van der Waals surface area contributed by atoms with Crippen molar-refractivity contribution in [1.29, 1.82) is 0 Å². The van der Waals surface area contributed by atoms with Gasteiger partial charge in [-0.15, -0.1) is 0 Å². The van der Waals surface area contributed by atoms with Crippen LogP contribution in [-0.2, 0) is 0 Å². The van der Waals surface area contributed by atoms with Gasteiger partial charge in [0.25, 0.3) is 0 Å². The SMILES string of the molecule is CC(CBr)CCC(C)CBr. The van der Waals surface area contributed by atoms with Crippen molar-refractivity contribution < 1.29 is 0 Å². The van der Waals surface area contributed by atoms with Gasteiger partial charge >= 0.3 is 0 Å². The molecule has 0 bridgehead atoms. The molecule has 2 heteroatoms. The third-order valence-electron chi connectivity index (χ3n) is 1.68. The topological polar surface area (TPSA) is 0 Å². The Morgan fingerprint density at radius 1 is 0.900 bits per heavy atom. The lowest BCUT2D eigenvalue weighted by Crippen LogP contribution is -2.01. The first-order valence-corrected chi connectivity index (χ1v) is 6.07. The van der Waals surface area contributed by atoms with E-state index in [-0.39, 0.29) is 0 Å². The minimum atomic E-state index is 0.835. The average Bonchev–Trinajstić information content (AvgIpc) is 1.99. The molecule has 0 aliphatic carbocycles. The van der Waals surface area contributed by atoms with Gasteiger partial charge in [-0.3, -0.25) is 0 Å². The third kappa shape index (κ3) is 5.72. The maximum atomic E-state index is 3.48. The minimum absolute atomic E-state index is 0.835. The molecule has 0 aromatic carbocycles. The molecule has 0 nitrogen and oxygen atoms in total. The predicted octanol–water partition coefficient (Wildman–Crippen LogP) is 3.83. The molecule has 0 N–H and O–H groups in total. The van der Waals surface area contributed by atoms with Gasteiger partial charge in [0, 0.05) is 10.7 Å². The Morgan fingerprint density at radius 2 is 1.20 bits per heavy atom. The van der Waals surface area contributed by atoms with Gasteiger partial charge in [0.15, 0.2) is 0 Å². The molecule has 0 saturated heterocycles. The van der Waals surface area contributed by atoms with Crippen molar-refractivity contribution >= 4 is 31.9 Å². The van der Waals surface area contributed by atoms with Crippen LogP contribution in [0.2, 0.25) is 0 Å². The van der Waals surface area contributed by atoms with E-state index in [0.717, 1.165) is 22.5 Å². The quantitative estimate of drug-likeness (QED) is 0.667. The summed E-state index contributed by atoms with van der Waals surface area (Å²) in [6.07, 6.45) is 2.69. The maximum Gasteiger partial charge on any atom is 0.00570 e. The van der Waals surface area contributed by atoms with E-state index in [1.165, 1.54) is 12.8 Å². The second-order valence-electron chi connectivity index (χ2n) is 3.10. The summed E-state index contributed by atoms with van der Waals surface area (Å²) in [5.41, 5.74) is 0. The monoisotopic (exact) mass is 270 g/mol. The van der Waals surface area contributed by atoms with E-state index in [4.69, 9.17) is 0 Å². The lowest BCUT2D eigenvalue weighted by molar-refractivity contribution is 0.488. The Hall–Kier alpha value is 0.960. The maximum absolute atomic E-state index is 3.48. The Labute approximate surface area is 81.0 Å². The highest BCUT2D eigenvalue weighted by molar-refractivity contribution is 9.09. The van der Waals surface area contributed by atoms with E-state index < -0.39 is 0 Å².